The van der Waals surface area contributed by atoms with Crippen LogP contribution >= 0.6 is 0 Å². The molecular weight excluding hydrogens is 204 g/mol. The molecule has 0 radical (unpaired) electrons. The Morgan fingerprint density at radius 3 is 3.06 bits per heavy atom. The third kappa shape index (κ3) is 2.37. The highest BCUT2D eigenvalue weighted by atomic mass is 16.5. The Kier molecular flexibility index (Phi) is 3.48. The van der Waals surface area contributed by atoms with E-state index in [2.05, 4.69) is 15.4 Å². The molecule has 0 bridgehead atoms. The Morgan fingerprint density at radius 2 is 2.44 bits per heavy atom. The van der Waals surface area contributed by atoms with Crippen molar-refractivity contribution in [3.05, 3.63) is 35.6 Å². The molecule has 1 aliphatic heterocycles. The number of nitrogens with two attached hydrogens (primary N) is 1. The summed E-state index contributed by atoms with van der Waals surface area (Å²) >= 11 is 0. The van der Waals surface area contributed by atoms with Gasteiger partial charge in [0.2, 0.25) is 0 Å². The lowest BCUT2D eigenvalue weighted by Crippen LogP contribution is -2.31. The minimum Gasteiger partial charge on any atom is -0.501 e. The average Bonchev–Trinajstić information content (AvgIpc) is 2.31. The number of hydrazine groups is 1. The van der Waals surface area contributed by atoms with Crippen molar-refractivity contribution in [3.8, 4) is 0 Å². The van der Waals surface area contributed by atoms with Gasteiger partial charge in [-0.1, -0.05) is 0 Å². The molecule has 1 unspecified atom stereocenters. The number of nitrogens with zero attached hydrogens (tertiary/aromatic N) is 2. The highest BCUT2D eigenvalue weighted by Gasteiger charge is 2.19. The maximum Gasteiger partial charge on any atom is 0.125 e. The molecule has 0 spiro atoms. The molecule has 2 heterocycles. The second-order valence-electron chi connectivity index (χ2n) is 3.80. The lowest BCUT2D eigenvalue weighted by molar-refractivity contribution is 0.219. The molecule has 0 saturated carbocycles. The SMILES string of the molecule is Cc1nccc(C(NN)C2=COCCC2)n1. The summed E-state index contributed by atoms with van der Waals surface area (Å²) in [4.78, 5) is 8.44. The zero-order chi connectivity index (χ0) is 11.4. The second kappa shape index (κ2) is 5.05. The van der Waals surface area contributed by atoms with E-state index in [1.807, 2.05) is 13.0 Å². The Bertz CT molecular complexity index is 391. The quantitative estimate of drug-likeness (QED) is 0.587. The summed E-state index contributed by atoms with van der Waals surface area (Å²) in [5.41, 5.74) is 4.79. The van der Waals surface area contributed by atoms with Crippen molar-refractivity contribution in [2.24, 2.45) is 5.84 Å². The van der Waals surface area contributed by atoms with Crippen LogP contribution < -0.4 is 11.3 Å². The molecule has 16 heavy (non-hydrogen) atoms. The number of aryl methyl sites for hydroxylation is 1. The molecule has 1 aliphatic rings. The van der Waals surface area contributed by atoms with Crippen molar-refractivity contribution >= 4 is 0 Å². The molecule has 0 aromatic carbocycles. The maximum absolute atomic E-state index is 5.58. The molecule has 0 amide bonds. The number of hydrogen-bond acceptors (Lipinski definition) is 5. The predicted molar refractivity (Wildman–Crippen MR) is 60.1 cm³/mol. The molecule has 2 rings (SSSR count). The van der Waals surface area contributed by atoms with Gasteiger partial charge in [0.05, 0.1) is 24.6 Å². The lowest BCUT2D eigenvalue weighted by atomic mass is 10.00. The minimum absolute atomic E-state index is 0.0815. The Hall–Kier alpha value is -1.46. The van der Waals surface area contributed by atoms with Crippen molar-refractivity contribution in [3.63, 3.8) is 0 Å². The fourth-order valence-electron chi connectivity index (χ4n) is 1.81. The molecule has 0 aliphatic carbocycles. The fourth-order valence-corrected chi connectivity index (χ4v) is 1.81. The van der Waals surface area contributed by atoms with Crippen LogP contribution in [0.25, 0.3) is 0 Å². The molecule has 5 heteroatoms. The van der Waals surface area contributed by atoms with E-state index >= 15 is 0 Å². The maximum atomic E-state index is 5.58. The molecule has 0 saturated heterocycles. The Balaban J connectivity index is 2.25. The van der Waals surface area contributed by atoms with E-state index in [4.69, 9.17) is 10.6 Å². The highest BCUT2D eigenvalue weighted by Crippen LogP contribution is 2.25. The van der Waals surface area contributed by atoms with E-state index in [9.17, 15) is 0 Å². The van der Waals surface area contributed by atoms with Crippen molar-refractivity contribution in [2.45, 2.75) is 25.8 Å². The number of aromatic nitrogens is 2. The smallest absolute Gasteiger partial charge is 0.125 e. The monoisotopic (exact) mass is 220 g/mol. The number of ether oxygens (including phenoxy) is 1. The third-order valence-corrected chi connectivity index (χ3v) is 2.59. The molecule has 86 valence electrons. The van der Waals surface area contributed by atoms with Gasteiger partial charge in [0.25, 0.3) is 0 Å². The van der Waals surface area contributed by atoms with Crippen LogP contribution in [0.3, 0.4) is 0 Å². The molecule has 5 nitrogen and oxygen atoms in total. The Labute approximate surface area is 94.7 Å². The predicted octanol–water partition coefficient (Wildman–Crippen LogP) is 0.984. The summed E-state index contributed by atoms with van der Waals surface area (Å²) in [7, 11) is 0. The largest absolute Gasteiger partial charge is 0.501 e. The fraction of sp³-hybridized carbons (Fsp3) is 0.455. The van der Waals surface area contributed by atoms with Gasteiger partial charge >= 0.3 is 0 Å². The highest BCUT2D eigenvalue weighted by molar-refractivity contribution is 5.21. The van der Waals surface area contributed by atoms with Crippen LogP contribution in [0.2, 0.25) is 0 Å². The topological polar surface area (TPSA) is 73.1 Å². The Morgan fingerprint density at radius 1 is 1.56 bits per heavy atom. The number of rotatable bonds is 3. The van der Waals surface area contributed by atoms with E-state index in [1.165, 1.54) is 0 Å². The standard InChI is InChI=1S/C11H16N4O/c1-8-13-5-4-10(14-8)11(15-12)9-3-2-6-16-7-9/h4-5,7,11,15H,2-3,6,12H2,1H3. The number of hydrogen-bond donors (Lipinski definition) is 2. The van der Waals surface area contributed by atoms with Gasteiger partial charge in [0.15, 0.2) is 0 Å². The van der Waals surface area contributed by atoms with Gasteiger partial charge in [-0.2, -0.15) is 0 Å². The summed E-state index contributed by atoms with van der Waals surface area (Å²) in [6, 6.07) is 1.79. The van der Waals surface area contributed by atoms with E-state index < -0.39 is 0 Å². The minimum atomic E-state index is -0.0815. The van der Waals surface area contributed by atoms with Gasteiger partial charge < -0.3 is 4.74 Å². The van der Waals surface area contributed by atoms with Gasteiger partial charge in [-0.25, -0.2) is 15.4 Å². The zero-order valence-electron chi connectivity index (χ0n) is 9.31. The van der Waals surface area contributed by atoms with Crippen molar-refractivity contribution in [1.29, 1.82) is 0 Å². The van der Waals surface area contributed by atoms with Crippen LogP contribution in [0.4, 0.5) is 0 Å². The molecule has 0 fully saturated rings. The first-order valence-electron chi connectivity index (χ1n) is 5.37. The molecular formula is C11H16N4O. The van der Waals surface area contributed by atoms with Crippen LogP contribution in [-0.2, 0) is 4.74 Å². The van der Waals surface area contributed by atoms with E-state index in [0.29, 0.717) is 0 Å². The first-order chi connectivity index (χ1) is 7.81. The van der Waals surface area contributed by atoms with Gasteiger partial charge in [-0.05, 0) is 31.4 Å². The summed E-state index contributed by atoms with van der Waals surface area (Å²) in [5, 5.41) is 0. The van der Waals surface area contributed by atoms with Crippen molar-refractivity contribution in [2.75, 3.05) is 6.61 Å². The van der Waals surface area contributed by atoms with Crippen molar-refractivity contribution in [1.82, 2.24) is 15.4 Å². The molecule has 1 aromatic rings. The molecule has 1 atom stereocenters. The molecule has 3 N–H and O–H groups in total. The van der Waals surface area contributed by atoms with Crippen LogP contribution in [0, 0.1) is 6.92 Å². The van der Waals surface area contributed by atoms with Gasteiger partial charge in [0.1, 0.15) is 5.82 Å². The zero-order valence-corrected chi connectivity index (χ0v) is 9.31. The number of nitrogens with one attached hydrogen (secondary N) is 1. The van der Waals surface area contributed by atoms with Gasteiger partial charge in [0, 0.05) is 6.20 Å². The third-order valence-electron chi connectivity index (χ3n) is 2.59. The lowest BCUT2D eigenvalue weighted by Gasteiger charge is -2.22. The van der Waals surface area contributed by atoms with E-state index in [0.717, 1.165) is 36.5 Å². The van der Waals surface area contributed by atoms with Crippen LogP contribution in [0.5, 0.6) is 0 Å². The van der Waals surface area contributed by atoms with Gasteiger partial charge in [-0.3, -0.25) is 5.84 Å². The summed E-state index contributed by atoms with van der Waals surface area (Å²) in [6.45, 7) is 2.65. The summed E-state index contributed by atoms with van der Waals surface area (Å²) in [5.74, 6) is 6.32. The van der Waals surface area contributed by atoms with Crippen LogP contribution in [0.1, 0.15) is 30.4 Å². The van der Waals surface area contributed by atoms with Gasteiger partial charge in [-0.15, -0.1) is 0 Å². The summed E-state index contributed by atoms with van der Waals surface area (Å²) in [6.07, 6.45) is 5.53. The van der Waals surface area contributed by atoms with Crippen molar-refractivity contribution < 1.29 is 4.74 Å². The summed E-state index contributed by atoms with van der Waals surface area (Å²) < 4.78 is 5.32. The normalized spacial score (nSPS) is 17.5. The first-order valence-corrected chi connectivity index (χ1v) is 5.37. The average molecular weight is 220 g/mol. The second-order valence-corrected chi connectivity index (χ2v) is 3.80. The van der Waals surface area contributed by atoms with E-state index in [-0.39, 0.29) is 6.04 Å². The molecule has 1 aromatic heterocycles. The first kappa shape index (κ1) is 11.0. The van der Waals surface area contributed by atoms with E-state index in [1.54, 1.807) is 12.5 Å². The van der Waals surface area contributed by atoms with Crippen LogP contribution in [-0.4, -0.2) is 16.6 Å². The van der Waals surface area contributed by atoms with Crippen LogP contribution in [0.15, 0.2) is 24.1 Å².